The second kappa shape index (κ2) is 6.41. The highest BCUT2D eigenvalue weighted by Gasteiger charge is 2.18. The molecule has 2 aromatic heterocycles. The zero-order chi connectivity index (χ0) is 14.7. The zero-order valence-corrected chi connectivity index (χ0v) is 13.1. The van der Waals surface area contributed by atoms with Gasteiger partial charge in [-0.15, -0.1) is 0 Å². The molecule has 0 spiro atoms. The molecule has 0 saturated carbocycles. The van der Waals surface area contributed by atoms with E-state index in [2.05, 4.69) is 19.9 Å². The van der Waals surface area contributed by atoms with E-state index in [-0.39, 0.29) is 0 Å². The third-order valence-corrected chi connectivity index (χ3v) is 4.15. The molecule has 0 amide bonds. The average molecular weight is 302 g/mol. The van der Waals surface area contributed by atoms with Gasteiger partial charge in [0.25, 0.3) is 0 Å². The Morgan fingerprint density at radius 3 is 3.05 bits per heavy atom. The van der Waals surface area contributed by atoms with Gasteiger partial charge in [-0.05, 0) is 17.9 Å². The number of fused-ring (bicyclic) bond motifs is 1. The molecule has 21 heavy (non-hydrogen) atoms. The predicted molar refractivity (Wildman–Crippen MR) is 82.4 cm³/mol. The van der Waals surface area contributed by atoms with Gasteiger partial charge >= 0.3 is 0 Å². The Morgan fingerprint density at radius 2 is 2.24 bits per heavy atom. The molecule has 6 heteroatoms. The lowest BCUT2D eigenvalue weighted by Crippen LogP contribution is -2.31. The second-order valence-electron chi connectivity index (χ2n) is 5.02. The summed E-state index contributed by atoms with van der Waals surface area (Å²) in [6, 6.07) is 2.04. The molecule has 2 aromatic rings. The summed E-state index contributed by atoms with van der Waals surface area (Å²) in [6.07, 6.45) is 8.57. The average Bonchev–Trinajstić information content (AvgIpc) is 2.54. The van der Waals surface area contributed by atoms with E-state index in [0.717, 1.165) is 37.0 Å². The number of thioether (sulfide) groups is 1. The van der Waals surface area contributed by atoms with E-state index in [0.29, 0.717) is 0 Å². The summed E-state index contributed by atoms with van der Waals surface area (Å²) in [6.45, 7) is 2.77. The Bertz CT molecular complexity index is 635. The maximum absolute atomic E-state index is 5.22. The van der Waals surface area contributed by atoms with E-state index >= 15 is 0 Å². The fourth-order valence-electron chi connectivity index (χ4n) is 2.51. The van der Waals surface area contributed by atoms with Crippen LogP contribution in [0.4, 0.5) is 0 Å². The summed E-state index contributed by atoms with van der Waals surface area (Å²) >= 11 is 1.59. The van der Waals surface area contributed by atoms with Gasteiger partial charge in [-0.2, -0.15) is 0 Å². The molecule has 110 valence electrons. The van der Waals surface area contributed by atoms with Gasteiger partial charge in [-0.1, -0.05) is 11.8 Å². The molecule has 0 aliphatic carbocycles. The van der Waals surface area contributed by atoms with Gasteiger partial charge in [-0.25, -0.2) is 9.97 Å². The van der Waals surface area contributed by atoms with E-state index in [1.807, 2.05) is 24.7 Å². The number of rotatable bonds is 4. The monoisotopic (exact) mass is 302 g/mol. The summed E-state index contributed by atoms with van der Waals surface area (Å²) in [7, 11) is 1.67. The van der Waals surface area contributed by atoms with Crippen LogP contribution in [-0.2, 0) is 19.5 Å². The summed E-state index contributed by atoms with van der Waals surface area (Å²) in [5, 5.41) is 0.860. The van der Waals surface area contributed by atoms with Crippen molar-refractivity contribution in [2.24, 2.45) is 0 Å². The number of methoxy groups -OCH3 is 1. The fraction of sp³-hybridized carbons (Fsp3) is 0.400. The quantitative estimate of drug-likeness (QED) is 0.637. The Kier molecular flexibility index (Phi) is 4.36. The largest absolute Gasteiger partial charge is 0.495 e. The van der Waals surface area contributed by atoms with Crippen LogP contribution in [-0.4, -0.2) is 39.8 Å². The van der Waals surface area contributed by atoms with Crippen LogP contribution in [0.15, 0.2) is 29.8 Å². The Balaban J connectivity index is 1.71. The molecule has 0 saturated heterocycles. The molecule has 0 fully saturated rings. The topological polar surface area (TPSA) is 51.1 Å². The first-order valence-corrected chi connectivity index (χ1v) is 8.10. The van der Waals surface area contributed by atoms with E-state index in [1.165, 1.54) is 16.8 Å². The summed E-state index contributed by atoms with van der Waals surface area (Å²) in [5.41, 5.74) is 3.59. The first-order chi connectivity index (χ1) is 10.3. The lowest BCUT2D eigenvalue weighted by atomic mass is 10.1. The Labute approximate surface area is 128 Å². The first-order valence-electron chi connectivity index (χ1n) is 6.87. The van der Waals surface area contributed by atoms with Gasteiger partial charge in [0.15, 0.2) is 5.16 Å². The third-order valence-electron chi connectivity index (χ3n) is 3.59. The van der Waals surface area contributed by atoms with E-state index in [4.69, 9.17) is 4.74 Å². The van der Waals surface area contributed by atoms with Crippen molar-refractivity contribution in [2.45, 2.75) is 24.7 Å². The van der Waals surface area contributed by atoms with Gasteiger partial charge in [0.1, 0.15) is 5.75 Å². The fourth-order valence-corrected chi connectivity index (χ4v) is 2.87. The van der Waals surface area contributed by atoms with Crippen LogP contribution in [0.1, 0.15) is 16.8 Å². The van der Waals surface area contributed by atoms with Crippen LogP contribution in [0, 0.1) is 0 Å². The van der Waals surface area contributed by atoms with E-state index in [1.54, 1.807) is 25.1 Å². The second-order valence-corrected chi connectivity index (χ2v) is 5.80. The molecule has 1 aliphatic heterocycles. The smallest absolute Gasteiger partial charge is 0.187 e. The van der Waals surface area contributed by atoms with Crippen LogP contribution < -0.4 is 4.74 Å². The minimum Gasteiger partial charge on any atom is -0.495 e. The lowest BCUT2D eigenvalue weighted by Gasteiger charge is -2.27. The number of aromatic nitrogens is 3. The number of pyridine rings is 1. The van der Waals surface area contributed by atoms with Crippen molar-refractivity contribution in [1.82, 2.24) is 19.9 Å². The molecule has 3 rings (SSSR count). The minimum absolute atomic E-state index is 0.804. The molecule has 0 atom stereocenters. The van der Waals surface area contributed by atoms with E-state index < -0.39 is 0 Å². The van der Waals surface area contributed by atoms with Crippen molar-refractivity contribution < 1.29 is 4.74 Å². The molecular formula is C15H18N4OS. The van der Waals surface area contributed by atoms with Crippen molar-refractivity contribution in [2.75, 3.05) is 19.9 Å². The standard InChI is InChI=1S/C15H18N4OS/c1-20-13-5-11(6-16-8-13)9-19-4-3-14-12(10-19)7-17-15(18-14)21-2/h5-8H,3-4,9-10H2,1-2H3. The lowest BCUT2D eigenvalue weighted by molar-refractivity contribution is 0.241. The molecule has 0 radical (unpaired) electrons. The summed E-state index contributed by atoms with van der Waals surface area (Å²) < 4.78 is 5.22. The SMILES string of the molecule is COc1cncc(CN2CCc3nc(SC)ncc3C2)c1. The van der Waals surface area contributed by atoms with Gasteiger partial charge in [0, 0.05) is 44.0 Å². The van der Waals surface area contributed by atoms with E-state index in [9.17, 15) is 0 Å². The Hall–Kier alpha value is -1.66. The highest BCUT2D eigenvalue weighted by molar-refractivity contribution is 7.98. The molecule has 0 unspecified atom stereocenters. The van der Waals surface area contributed by atoms with Gasteiger partial charge in [0.2, 0.25) is 0 Å². The third kappa shape index (κ3) is 3.33. The molecule has 3 heterocycles. The maximum Gasteiger partial charge on any atom is 0.187 e. The minimum atomic E-state index is 0.804. The van der Waals surface area contributed by atoms with Crippen LogP contribution in [0.3, 0.4) is 0 Å². The van der Waals surface area contributed by atoms with Crippen molar-refractivity contribution in [3.8, 4) is 5.75 Å². The predicted octanol–water partition coefficient (Wildman–Crippen LogP) is 2.16. The Morgan fingerprint density at radius 1 is 1.33 bits per heavy atom. The first kappa shape index (κ1) is 14.3. The van der Waals surface area contributed by atoms with Crippen LogP contribution in [0.5, 0.6) is 5.75 Å². The number of nitrogens with zero attached hydrogens (tertiary/aromatic N) is 4. The summed E-state index contributed by atoms with van der Waals surface area (Å²) in [4.78, 5) is 15.6. The number of hydrogen-bond acceptors (Lipinski definition) is 6. The molecule has 1 aliphatic rings. The normalized spacial score (nSPS) is 14.8. The highest BCUT2D eigenvalue weighted by atomic mass is 32.2. The van der Waals surface area contributed by atoms with Crippen molar-refractivity contribution >= 4 is 11.8 Å². The van der Waals surface area contributed by atoms with Crippen LogP contribution in [0.25, 0.3) is 0 Å². The molecule has 0 aromatic carbocycles. The zero-order valence-electron chi connectivity index (χ0n) is 12.2. The van der Waals surface area contributed by atoms with Gasteiger partial charge < -0.3 is 4.74 Å². The van der Waals surface area contributed by atoms with Crippen LogP contribution >= 0.6 is 11.8 Å². The number of hydrogen-bond donors (Lipinski definition) is 0. The van der Waals surface area contributed by atoms with Gasteiger partial charge in [-0.3, -0.25) is 9.88 Å². The molecule has 0 N–H and O–H groups in total. The molecule has 5 nitrogen and oxygen atoms in total. The van der Waals surface area contributed by atoms with Crippen molar-refractivity contribution in [3.63, 3.8) is 0 Å². The van der Waals surface area contributed by atoms with Crippen molar-refractivity contribution in [1.29, 1.82) is 0 Å². The highest BCUT2D eigenvalue weighted by Crippen LogP contribution is 2.21. The maximum atomic E-state index is 5.22. The molecular weight excluding hydrogens is 284 g/mol. The summed E-state index contributed by atoms with van der Waals surface area (Å²) in [5.74, 6) is 0.804. The van der Waals surface area contributed by atoms with Crippen LogP contribution in [0.2, 0.25) is 0 Å². The molecule has 0 bridgehead atoms. The number of ether oxygens (including phenoxy) is 1. The van der Waals surface area contributed by atoms with Crippen molar-refractivity contribution in [3.05, 3.63) is 41.5 Å². The van der Waals surface area contributed by atoms with Gasteiger partial charge in [0.05, 0.1) is 19.0 Å².